The molecule has 1 aromatic heterocycles. The fraction of sp³-hybridized carbons (Fsp3) is 0.357. The average Bonchev–Trinajstić information content (AvgIpc) is 2.47. The van der Waals surface area contributed by atoms with Crippen LogP contribution in [0.15, 0.2) is 34.3 Å². The van der Waals surface area contributed by atoms with Crippen molar-refractivity contribution in [2.24, 2.45) is 0 Å². The Bertz CT molecular complexity index is 577. The van der Waals surface area contributed by atoms with E-state index in [1.807, 2.05) is 19.1 Å². The van der Waals surface area contributed by atoms with Gasteiger partial charge in [-0.05, 0) is 36.7 Å². The highest BCUT2D eigenvalue weighted by molar-refractivity contribution is 7.99. The van der Waals surface area contributed by atoms with Gasteiger partial charge in [0.05, 0.1) is 6.61 Å². The van der Waals surface area contributed by atoms with Crippen LogP contribution in [0.25, 0.3) is 0 Å². The van der Waals surface area contributed by atoms with E-state index in [1.165, 1.54) is 17.3 Å². The zero-order valence-corrected chi connectivity index (χ0v) is 12.7. The van der Waals surface area contributed by atoms with Crippen LogP contribution in [0.4, 0.5) is 5.95 Å². The van der Waals surface area contributed by atoms with Crippen LogP contribution in [0.1, 0.15) is 18.9 Å². The van der Waals surface area contributed by atoms with Crippen LogP contribution in [0.5, 0.6) is 6.01 Å². The summed E-state index contributed by atoms with van der Waals surface area (Å²) in [5.41, 5.74) is 1.19. The maximum absolute atomic E-state index is 5.49. The maximum Gasteiger partial charge on any atom is 0.322 e. The molecule has 0 fully saturated rings. The SMILES string of the molecule is CCCOc1nc(NC)nc(Sc2ccccc2C)n1. The maximum atomic E-state index is 5.49. The van der Waals surface area contributed by atoms with E-state index >= 15 is 0 Å². The van der Waals surface area contributed by atoms with E-state index in [2.05, 4.69) is 39.3 Å². The van der Waals surface area contributed by atoms with Crippen LogP contribution in [0, 0.1) is 6.92 Å². The number of aryl methyl sites for hydroxylation is 1. The third-order valence-corrected chi connectivity index (χ3v) is 3.59. The predicted octanol–water partition coefficient (Wildman–Crippen LogP) is 3.16. The summed E-state index contributed by atoms with van der Waals surface area (Å²) in [6.07, 6.45) is 0.917. The van der Waals surface area contributed by atoms with Crippen LogP contribution in [0.2, 0.25) is 0 Å². The number of anilines is 1. The lowest BCUT2D eigenvalue weighted by atomic mass is 10.2. The van der Waals surface area contributed by atoms with Crippen LogP contribution in [0.3, 0.4) is 0 Å². The Hall–Kier alpha value is -1.82. The van der Waals surface area contributed by atoms with Crippen molar-refractivity contribution < 1.29 is 4.74 Å². The standard InChI is InChI=1S/C14H18N4OS/c1-4-9-19-13-16-12(15-3)17-14(18-13)20-11-8-6-5-7-10(11)2/h5-8H,4,9H2,1-3H3,(H,15,16,17,18). The molecule has 0 saturated carbocycles. The molecule has 1 N–H and O–H groups in total. The number of hydrogen-bond acceptors (Lipinski definition) is 6. The highest BCUT2D eigenvalue weighted by Gasteiger charge is 2.09. The number of nitrogens with one attached hydrogen (secondary N) is 1. The Morgan fingerprint density at radius 2 is 2.00 bits per heavy atom. The fourth-order valence-corrected chi connectivity index (χ4v) is 2.35. The topological polar surface area (TPSA) is 59.9 Å². The van der Waals surface area contributed by atoms with Crippen molar-refractivity contribution >= 4 is 17.7 Å². The second kappa shape index (κ2) is 7.09. The van der Waals surface area contributed by atoms with Gasteiger partial charge in [0.15, 0.2) is 0 Å². The zero-order valence-electron chi connectivity index (χ0n) is 11.9. The minimum absolute atomic E-state index is 0.363. The van der Waals surface area contributed by atoms with Crippen molar-refractivity contribution in [1.29, 1.82) is 0 Å². The number of nitrogens with zero attached hydrogens (tertiary/aromatic N) is 3. The number of hydrogen-bond donors (Lipinski definition) is 1. The average molecular weight is 290 g/mol. The molecule has 0 aliphatic heterocycles. The number of ether oxygens (including phenoxy) is 1. The van der Waals surface area contributed by atoms with Gasteiger partial charge >= 0.3 is 6.01 Å². The molecule has 0 aliphatic rings. The summed E-state index contributed by atoms with van der Waals surface area (Å²) in [5.74, 6) is 0.516. The first-order valence-corrected chi connectivity index (χ1v) is 7.34. The summed E-state index contributed by atoms with van der Waals surface area (Å²) in [4.78, 5) is 14.0. The lowest BCUT2D eigenvalue weighted by molar-refractivity contribution is 0.288. The summed E-state index contributed by atoms with van der Waals surface area (Å²) < 4.78 is 5.49. The molecule has 2 aromatic rings. The normalized spacial score (nSPS) is 10.3. The molecule has 0 unspecified atom stereocenters. The minimum atomic E-state index is 0.363. The highest BCUT2D eigenvalue weighted by Crippen LogP contribution is 2.28. The molecule has 1 aromatic carbocycles. The van der Waals surface area contributed by atoms with Crippen molar-refractivity contribution in [3.8, 4) is 6.01 Å². The van der Waals surface area contributed by atoms with Crippen LogP contribution in [-0.2, 0) is 0 Å². The van der Waals surface area contributed by atoms with Crippen molar-refractivity contribution in [3.63, 3.8) is 0 Å². The fourth-order valence-electron chi connectivity index (χ4n) is 1.52. The summed E-state index contributed by atoms with van der Waals surface area (Å²) in [7, 11) is 1.78. The molecule has 1 heterocycles. The van der Waals surface area contributed by atoms with Gasteiger partial charge in [0, 0.05) is 11.9 Å². The Kier molecular flexibility index (Phi) is 5.17. The van der Waals surface area contributed by atoms with Gasteiger partial charge in [-0.3, -0.25) is 0 Å². The van der Waals surface area contributed by atoms with Crippen molar-refractivity contribution in [2.45, 2.75) is 30.3 Å². The summed E-state index contributed by atoms with van der Waals surface area (Å²) in [6.45, 7) is 4.71. The molecule has 0 atom stereocenters. The first kappa shape index (κ1) is 14.6. The number of rotatable bonds is 6. The van der Waals surface area contributed by atoms with Gasteiger partial charge in [-0.15, -0.1) is 0 Å². The van der Waals surface area contributed by atoms with Crippen molar-refractivity contribution in [1.82, 2.24) is 15.0 Å². The molecule has 0 radical (unpaired) electrons. The molecule has 20 heavy (non-hydrogen) atoms. The second-order valence-corrected chi connectivity index (χ2v) is 5.20. The second-order valence-electron chi connectivity index (χ2n) is 4.19. The van der Waals surface area contributed by atoms with Gasteiger partial charge in [0.2, 0.25) is 11.1 Å². The highest BCUT2D eigenvalue weighted by atomic mass is 32.2. The molecular formula is C14H18N4OS. The summed E-state index contributed by atoms with van der Waals surface area (Å²) in [6, 6.07) is 8.50. The summed E-state index contributed by atoms with van der Waals surface area (Å²) in [5, 5.41) is 3.56. The van der Waals surface area contributed by atoms with E-state index in [4.69, 9.17) is 4.74 Å². The largest absolute Gasteiger partial charge is 0.463 e. The number of benzene rings is 1. The van der Waals surface area contributed by atoms with Gasteiger partial charge in [-0.2, -0.15) is 15.0 Å². The van der Waals surface area contributed by atoms with Gasteiger partial charge in [0.1, 0.15) is 0 Å². The molecule has 0 bridgehead atoms. The van der Waals surface area contributed by atoms with Crippen molar-refractivity contribution in [3.05, 3.63) is 29.8 Å². The van der Waals surface area contributed by atoms with Crippen LogP contribution in [-0.4, -0.2) is 28.6 Å². The zero-order chi connectivity index (χ0) is 14.4. The van der Waals surface area contributed by atoms with E-state index in [0.29, 0.717) is 23.7 Å². The summed E-state index contributed by atoms with van der Waals surface area (Å²) >= 11 is 1.51. The molecule has 0 saturated heterocycles. The van der Waals surface area contributed by atoms with E-state index < -0.39 is 0 Å². The first-order valence-electron chi connectivity index (χ1n) is 6.53. The Labute approximate surface area is 123 Å². The van der Waals surface area contributed by atoms with E-state index in [1.54, 1.807) is 7.05 Å². The first-order chi connectivity index (χ1) is 9.72. The lowest BCUT2D eigenvalue weighted by Gasteiger charge is -2.08. The van der Waals surface area contributed by atoms with Gasteiger partial charge < -0.3 is 10.1 Å². The van der Waals surface area contributed by atoms with Crippen molar-refractivity contribution in [2.75, 3.05) is 19.0 Å². The Balaban J connectivity index is 2.24. The molecule has 0 spiro atoms. The van der Waals surface area contributed by atoms with Gasteiger partial charge in [-0.1, -0.05) is 25.1 Å². The molecule has 5 nitrogen and oxygen atoms in total. The molecule has 0 amide bonds. The monoisotopic (exact) mass is 290 g/mol. The van der Waals surface area contributed by atoms with E-state index in [9.17, 15) is 0 Å². The molecule has 2 rings (SSSR count). The number of aromatic nitrogens is 3. The molecule has 0 aliphatic carbocycles. The minimum Gasteiger partial charge on any atom is -0.463 e. The van der Waals surface area contributed by atoms with E-state index in [0.717, 1.165) is 11.3 Å². The lowest BCUT2D eigenvalue weighted by Crippen LogP contribution is -2.05. The molecular weight excluding hydrogens is 272 g/mol. The van der Waals surface area contributed by atoms with Gasteiger partial charge in [-0.25, -0.2) is 0 Å². The van der Waals surface area contributed by atoms with Gasteiger partial charge in [0.25, 0.3) is 0 Å². The third kappa shape index (κ3) is 3.84. The predicted molar refractivity (Wildman–Crippen MR) is 80.5 cm³/mol. The smallest absolute Gasteiger partial charge is 0.322 e. The third-order valence-electron chi connectivity index (χ3n) is 2.55. The van der Waals surface area contributed by atoms with Crippen LogP contribution < -0.4 is 10.1 Å². The Morgan fingerprint density at radius 3 is 2.70 bits per heavy atom. The molecule has 106 valence electrons. The molecule has 6 heteroatoms. The van der Waals surface area contributed by atoms with E-state index in [-0.39, 0.29) is 0 Å². The Morgan fingerprint density at radius 1 is 1.20 bits per heavy atom. The van der Waals surface area contributed by atoms with Crippen LogP contribution >= 0.6 is 11.8 Å². The quantitative estimate of drug-likeness (QED) is 0.882.